The molecule has 0 bridgehead atoms. The second kappa shape index (κ2) is 9.84. The zero-order valence-corrected chi connectivity index (χ0v) is 17.8. The Morgan fingerprint density at radius 3 is 2.55 bits per heavy atom. The minimum absolute atomic E-state index is 0.0780. The van der Waals surface area contributed by atoms with E-state index in [1.165, 1.54) is 0 Å². The number of benzene rings is 1. The van der Waals surface area contributed by atoms with Crippen molar-refractivity contribution in [3.05, 3.63) is 23.8 Å². The number of hydroxylamine groups is 1. The molecule has 2 atom stereocenters. The quantitative estimate of drug-likeness (QED) is 0.436. The Bertz CT molecular complexity index is 790. The highest BCUT2D eigenvalue weighted by Crippen LogP contribution is 2.33. The monoisotopic (exact) mass is 432 g/mol. The highest BCUT2D eigenvalue weighted by molar-refractivity contribution is 5.89. The number of rotatable bonds is 7. The van der Waals surface area contributed by atoms with Gasteiger partial charge in [-0.2, -0.15) is 0 Å². The van der Waals surface area contributed by atoms with E-state index in [0.717, 1.165) is 62.4 Å². The molecule has 0 radical (unpaired) electrons. The predicted molar refractivity (Wildman–Crippen MR) is 112 cm³/mol. The van der Waals surface area contributed by atoms with Gasteiger partial charge in [0.1, 0.15) is 0 Å². The third-order valence-electron chi connectivity index (χ3n) is 6.75. The molecule has 2 amide bonds. The molecule has 170 valence electrons. The van der Waals surface area contributed by atoms with Crippen molar-refractivity contribution in [2.75, 3.05) is 33.0 Å². The fourth-order valence-electron chi connectivity index (χ4n) is 4.92. The maximum atomic E-state index is 13.3. The molecule has 1 saturated carbocycles. The summed E-state index contributed by atoms with van der Waals surface area (Å²) in [7, 11) is 0. The Morgan fingerprint density at radius 1 is 1.13 bits per heavy atom. The van der Waals surface area contributed by atoms with E-state index in [0.29, 0.717) is 25.4 Å². The van der Waals surface area contributed by atoms with Crippen LogP contribution >= 0.6 is 0 Å². The van der Waals surface area contributed by atoms with Gasteiger partial charge in [0.25, 0.3) is 5.91 Å². The molecule has 1 aromatic rings. The second-order valence-corrected chi connectivity index (χ2v) is 8.78. The molecule has 1 saturated heterocycles. The van der Waals surface area contributed by atoms with E-state index in [2.05, 4.69) is 4.90 Å². The van der Waals surface area contributed by atoms with Crippen LogP contribution < -0.4 is 20.7 Å². The maximum absolute atomic E-state index is 13.3. The van der Waals surface area contributed by atoms with Crippen LogP contribution in [0.15, 0.2) is 18.2 Å². The lowest BCUT2D eigenvalue weighted by atomic mass is 9.86. The van der Waals surface area contributed by atoms with Gasteiger partial charge in [0.15, 0.2) is 11.5 Å². The average molecular weight is 433 g/mol. The molecule has 0 spiro atoms. The van der Waals surface area contributed by atoms with Crippen molar-refractivity contribution >= 4 is 11.8 Å². The van der Waals surface area contributed by atoms with Gasteiger partial charge in [0, 0.05) is 32.7 Å². The first kappa shape index (κ1) is 21.9. The number of hydrogen-bond acceptors (Lipinski definition) is 7. The number of hydrogen-bond donors (Lipinski definition) is 3. The third-order valence-corrected chi connectivity index (χ3v) is 6.75. The lowest BCUT2D eigenvalue weighted by Crippen LogP contribution is -2.55. The van der Waals surface area contributed by atoms with Gasteiger partial charge >= 0.3 is 0 Å². The van der Waals surface area contributed by atoms with Gasteiger partial charge < -0.3 is 20.1 Å². The Hall–Kier alpha value is -2.36. The first-order valence-corrected chi connectivity index (χ1v) is 11.1. The minimum atomic E-state index is -1.04. The topological polar surface area (TPSA) is 117 Å². The van der Waals surface area contributed by atoms with Gasteiger partial charge in [-0.25, -0.2) is 5.48 Å². The summed E-state index contributed by atoms with van der Waals surface area (Å²) in [6.07, 6.45) is 5.06. The third kappa shape index (κ3) is 5.11. The SMILES string of the molecule is N[C@H](C(=O)NO)[C@@H](CC1CCCC1)C(=O)N1CCN(Cc2ccc3c(c2)OCO3)CC1. The van der Waals surface area contributed by atoms with E-state index in [4.69, 9.17) is 20.4 Å². The fourth-order valence-corrected chi connectivity index (χ4v) is 4.92. The summed E-state index contributed by atoms with van der Waals surface area (Å²) in [5.74, 6) is 0.589. The summed E-state index contributed by atoms with van der Waals surface area (Å²) >= 11 is 0. The smallest absolute Gasteiger partial charge is 0.261 e. The Kier molecular flexibility index (Phi) is 6.94. The summed E-state index contributed by atoms with van der Waals surface area (Å²) in [6.45, 7) is 3.72. The highest BCUT2D eigenvalue weighted by Gasteiger charge is 2.37. The van der Waals surface area contributed by atoms with Gasteiger partial charge in [-0.05, 0) is 30.0 Å². The van der Waals surface area contributed by atoms with Crippen molar-refractivity contribution < 1.29 is 24.3 Å². The molecule has 9 heteroatoms. The number of nitrogens with one attached hydrogen (secondary N) is 1. The average Bonchev–Trinajstić information content (AvgIpc) is 3.48. The minimum Gasteiger partial charge on any atom is -0.454 e. The number of carbonyl (C=O) groups excluding carboxylic acids is 2. The van der Waals surface area contributed by atoms with Crippen molar-refractivity contribution in [2.24, 2.45) is 17.6 Å². The molecule has 1 aliphatic carbocycles. The van der Waals surface area contributed by atoms with Crippen molar-refractivity contribution in [1.82, 2.24) is 15.3 Å². The molecule has 3 aliphatic rings. The van der Waals surface area contributed by atoms with Crippen LogP contribution in [0, 0.1) is 11.8 Å². The molecular formula is C22H32N4O5. The number of piperazine rings is 1. The van der Waals surface area contributed by atoms with Gasteiger partial charge in [0.2, 0.25) is 12.7 Å². The standard InChI is InChI=1S/C22H32N4O5/c23-20(21(27)24-29)17(11-15-3-1-2-4-15)22(28)26-9-7-25(8-10-26)13-16-5-6-18-19(12-16)31-14-30-18/h5-6,12,15,17,20,29H,1-4,7-11,13-14,23H2,(H,24,27)/t17-,20+/m1/s1. The molecule has 31 heavy (non-hydrogen) atoms. The zero-order valence-electron chi connectivity index (χ0n) is 17.8. The molecule has 4 rings (SSSR count). The van der Waals surface area contributed by atoms with Crippen LogP contribution in [-0.4, -0.2) is 65.8 Å². The molecule has 1 aromatic carbocycles. The fraction of sp³-hybridized carbons (Fsp3) is 0.636. The second-order valence-electron chi connectivity index (χ2n) is 8.78. The van der Waals surface area contributed by atoms with E-state index >= 15 is 0 Å². The summed E-state index contributed by atoms with van der Waals surface area (Å²) in [5, 5.41) is 9.01. The molecule has 0 unspecified atom stereocenters. The van der Waals surface area contributed by atoms with Crippen molar-refractivity contribution in [2.45, 2.75) is 44.7 Å². The van der Waals surface area contributed by atoms with Crippen molar-refractivity contribution in [1.29, 1.82) is 0 Å². The number of ether oxygens (including phenoxy) is 2. The molecule has 2 aliphatic heterocycles. The number of carbonyl (C=O) groups is 2. The van der Waals surface area contributed by atoms with Crippen molar-refractivity contribution in [3.8, 4) is 11.5 Å². The Morgan fingerprint density at radius 2 is 1.84 bits per heavy atom. The summed E-state index contributed by atoms with van der Waals surface area (Å²) in [5.41, 5.74) is 8.84. The van der Waals surface area contributed by atoms with Crippen LogP contribution in [-0.2, 0) is 16.1 Å². The largest absolute Gasteiger partial charge is 0.454 e. The lowest BCUT2D eigenvalue weighted by molar-refractivity contribution is -0.143. The zero-order chi connectivity index (χ0) is 21.8. The van der Waals surface area contributed by atoms with E-state index in [1.54, 1.807) is 5.48 Å². The maximum Gasteiger partial charge on any atom is 0.261 e. The molecule has 2 fully saturated rings. The first-order valence-electron chi connectivity index (χ1n) is 11.1. The first-order chi connectivity index (χ1) is 15.0. The normalized spacial score (nSPS) is 21.2. The van der Waals surface area contributed by atoms with Crippen LogP contribution in [0.5, 0.6) is 11.5 Å². The lowest BCUT2D eigenvalue weighted by Gasteiger charge is -2.37. The van der Waals surface area contributed by atoms with E-state index in [-0.39, 0.29) is 12.7 Å². The Labute approximate surface area is 182 Å². The predicted octanol–water partition coefficient (Wildman–Crippen LogP) is 1.09. The van der Waals surface area contributed by atoms with Crippen LogP contribution in [0.3, 0.4) is 0 Å². The molecule has 2 heterocycles. The van der Waals surface area contributed by atoms with Gasteiger partial charge in [-0.1, -0.05) is 31.7 Å². The summed E-state index contributed by atoms with van der Waals surface area (Å²) in [6, 6.07) is 4.93. The summed E-state index contributed by atoms with van der Waals surface area (Å²) in [4.78, 5) is 29.4. The number of nitrogens with two attached hydrogens (primary N) is 1. The number of fused-ring (bicyclic) bond motifs is 1. The molecule has 0 aromatic heterocycles. The molecular weight excluding hydrogens is 400 g/mol. The summed E-state index contributed by atoms with van der Waals surface area (Å²) < 4.78 is 10.8. The Balaban J connectivity index is 1.34. The molecule has 9 nitrogen and oxygen atoms in total. The van der Waals surface area contributed by atoms with Gasteiger partial charge in [0.05, 0.1) is 12.0 Å². The molecule has 4 N–H and O–H groups in total. The van der Waals surface area contributed by atoms with Gasteiger partial charge in [-0.3, -0.25) is 19.7 Å². The van der Waals surface area contributed by atoms with Gasteiger partial charge in [-0.15, -0.1) is 0 Å². The van der Waals surface area contributed by atoms with E-state index < -0.39 is 17.9 Å². The van der Waals surface area contributed by atoms with Crippen molar-refractivity contribution in [3.63, 3.8) is 0 Å². The number of nitrogens with zero attached hydrogens (tertiary/aromatic N) is 2. The van der Waals surface area contributed by atoms with E-state index in [1.807, 2.05) is 23.1 Å². The highest BCUT2D eigenvalue weighted by atomic mass is 16.7. The van der Waals surface area contributed by atoms with Crippen LogP contribution in [0.2, 0.25) is 0 Å². The number of amides is 2. The van der Waals surface area contributed by atoms with Crippen LogP contribution in [0.4, 0.5) is 0 Å². The van der Waals surface area contributed by atoms with Crippen LogP contribution in [0.25, 0.3) is 0 Å². The van der Waals surface area contributed by atoms with E-state index in [9.17, 15) is 9.59 Å². The van der Waals surface area contributed by atoms with Crippen LogP contribution in [0.1, 0.15) is 37.7 Å².